The molecule has 0 aromatic rings. The minimum Gasteiger partial charge on any atom is -0.478 e. The first-order valence-electron chi connectivity index (χ1n) is 1.71. The lowest BCUT2D eigenvalue weighted by atomic mass is 10.5. The maximum absolute atomic E-state index is 9.57. The standard InChI is InChI=1S/C5H5O2/c1-2-3-4-5(6)7/h2-3H,1H2,(H,6,7). The molecule has 0 saturated carbocycles. The van der Waals surface area contributed by atoms with Gasteiger partial charge in [-0.15, -0.1) is 0 Å². The summed E-state index contributed by atoms with van der Waals surface area (Å²) in [5, 5.41) is 7.85. The third-order valence-electron chi connectivity index (χ3n) is 0.325. The maximum atomic E-state index is 9.57. The van der Waals surface area contributed by atoms with Crippen molar-refractivity contribution in [2.24, 2.45) is 0 Å². The molecule has 0 amide bonds. The predicted molar refractivity (Wildman–Crippen MR) is 25.6 cm³/mol. The smallest absolute Gasteiger partial charge is 0.336 e. The minimum absolute atomic E-state index is 1.07. The molecule has 0 atom stereocenters. The molecular formula is C5H5O2. The lowest BCUT2D eigenvalue weighted by Gasteiger charge is -1.68. The van der Waals surface area contributed by atoms with Crippen LogP contribution in [0, 0.1) is 6.08 Å². The van der Waals surface area contributed by atoms with Gasteiger partial charge in [0, 0.05) is 0 Å². The van der Waals surface area contributed by atoms with E-state index in [2.05, 4.69) is 6.58 Å². The van der Waals surface area contributed by atoms with Crippen molar-refractivity contribution >= 4 is 5.97 Å². The van der Waals surface area contributed by atoms with Gasteiger partial charge in [-0.25, -0.2) is 4.79 Å². The quantitative estimate of drug-likeness (QED) is 0.405. The Morgan fingerprint density at radius 1 is 1.86 bits per heavy atom. The second kappa shape index (κ2) is 3.15. The number of carboxylic acids is 1. The normalized spacial score (nSPS) is 9.14. The Morgan fingerprint density at radius 3 is 2.57 bits per heavy atom. The Labute approximate surface area is 41.8 Å². The van der Waals surface area contributed by atoms with Crippen LogP contribution in [0.1, 0.15) is 0 Å². The molecule has 7 heavy (non-hydrogen) atoms. The second-order valence-electron chi connectivity index (χ2n) is 0.852. The lowest BCUT2D eigenvalue weighted by Crippen LogP contribution is -1.85. The van der Waals surface area contributed by atoms with Crippen LogP contribution in [0.25, 0.3) is 0 Å². The van der Waals surface area contributed by atoms with Gasteiger partial charge in [-0.2, -0.15) is 0 Å². The predicted octanol–water partition coefficient (Wildman–Crippen LogP) is 0.616. The summed E-state index contributed by atoms with van der Waals surface area (Å²) in [5.41, 5.74) is 0. The number of allylic oxidation sites excluding steroid dienone is 2. The molecule has 0 aliphatic heterocycles. The fourth-order valence-electron chi connectivity index (χ4n) is 0.130. The molecule has 2 heteroatoms. The molecule has 0 aliphatic rings. The highest BCUT2D eigenvalue weighted by molar-refractivity contribution is 5.75. The van der Waals surface area contributed by atoms with E-state index in [0.717, 1.165) is 0 Å². The molecule has 0 rings (SSSR count). The van der Waals surface area contributed by atoms with Gasteiger partial charge in [-0.3, -0.25) is 0 Å². The van der Waals surface area contributed by atoms with E-state index in [0.29, 0.717) is 0 Å². The molecule has 0 aliphatic carbocycles. The van der Waals surface area contributed by atoms with Gasteiger partial charge < -0.3 is 5.11 Å². The van der Waals surface area contributed by atoms with E-state index in [1.54, 1.807) is 0 Å². The first-order chi connectivity index (χ1) is 3.27. The fraction of sp³-hybridized carbons (Fsp3) is 0. The summed E-state index contributed by atoms with van der Waals surface area (Å²) in [5.74, 6) is -1.07. The monoisotopic (exact) mass is 97.0 g/mol. The highest BCUT2D eigenvalue weighted by Crippen LogP contribution is 1.68. The van der Waals surface area contributed by atoms with Crippen LogP contribution in [-0.2, 0) is 4.79 Å². The second-order valence-corrected chi connectivity index (χ2v) is 0.852. The van der Waals surface area contributed by atoms with Crippen LogP contribution < -0.4 is 0 Å². The van der Waals surface area contributed by atoms with Gasteiger partial charge in [0.1, 0.15) is 0 Å². The lowest BCUT2D eigenvalue weighted by molar-refractivity contribution is -0.132. The van der Waals surface area contributed by atoms with Crippen LogP contribution in [0.3, 0.4) is 0 Å². The molecule has 0 unspecified atom stereocenters. The molecule has 0 saturated heterocycles. The van der Waals surface area contributed by atoms with Crippen molar-refractivity contribution in [1.29, 1.82) is 0 Å². The average molecular weight is 97.1 g/mol. The summed E-state index contributed by atoms with van der Waals surface area (Å²) in [4.78, 5) is 9.57. The topological polar surface area (TPSA) is 37.3 Å². The maximum Gasteiger partial charge on any atom is 0.336 e. The van der Waals surface area contributed by atoms with Crippen molar-refractivity contribution in [3.63, 3.8) is 0 Å². The summed E-state index contributed by atoms with van der Waals surface area (Å²) in [6.45, 7) is 3.25. The van der Waals surface area contributed by atoms with Crippen LogP contribution >= 0.6 is 0 Å². The van der Waals surface area contributed by atoms with Crippen LogP contribution in [0.5, 0.6) is 0 Å². The Kier molecular flexibility index (Phi) is 2.68. The number of carboxylic acid groups (broad SMARTS) is 1. The van der Waals surface area contributed by atoms with Crippen molar-refractivity contribution < 1.29 is 9.90 Å². The summed E-state index contributed by atoms with van der Waals surface area (Å²) >= 11 is 0. The average Bonchev–Trinajstić information content (AvgIpc) is 1.61. The first-order valence-corrected chi connectivity index (χ1v) is 1.71. The Bertz CT molecular complexity index is 103. The highest BCUT2D eigenvalue weighted by Gasteiger charge is 1.79. The van der Waals surface area contributed by atoms with Gasteiger partial charge in [-0.05, 0) is 6.08 Å². The van der Waals surface area contributed by atoms with Crippen LogP contribution in [0.15, 0.2) is 18.7 Å². The van der Waals surface area contributed by atoms with Crippen LogP contribution in [0.4, 0.5) is 0 Å². The largest absolute Gasteiger partial charge is 0.478 e. The van der Waals surface area contributed by atoms with Crippen molar-refractivity contribution in [2.75, 3.05) is 0 Å². The van der Waals surface area contributed by atoms with E-state index in [9.17, 15) is 4.79 Å². The molecule has 37 valence electrons. The summed E-state index contributed by atoms with van der Waals surface area (Å²) in [7, 11) is 0. The number of rotatable bonds is 2. The van der Waals surface area contributed by atoms with Crippen molar-refractivity contribution in [3.8, 4) is 0 Å². The number of aliphatic carboxylic acids is 1. The van der Waals surface area contributed by atoms with Crippen LogP contribution in [0.2, 0.25) is 0 Å². The molecule has 0 aromatic carbocycles. The van der Waals surface area contributed by atoms with Gasteiger partial charge in [-0.1, -0.05) is 12.7 Å². The molecule has 0 heterocycles. The highest BCUT2D eigenvalue weighted by atomic mass is 16.4. The van der Waals surface area contributed by atoms with E-state index < -0.39 is 5.97 Å². The van der Waals surface area contributed by atoms with Crippen molar-refractivity contribution in [2.45, 2.75) is 0 Å². The molecule has 2 nitrogen and oxygen atoms in total. The molecule has 1 radical (unpaired) electrons. The van der Waals surface area contributed by atoms with E-state index in [1.165, 1.54) is 12.2 Å². The van der Waals surface area contributed by atoms with Gasteiger partial charge in [0.05, 0.1) is 6.08 Å². The van der Waals surface area contributed by atoms with Crippen molar-refractivity contribution in [3.05, 3.63) is 24.8 Å². The Morgan fingerprint density at radius 2 is 2.43 bits per heavy atom. The van der Waals surface area contributed by atoms with Crippen LogP contribution in [-0.4, -0.2) is 11.1 Å². The van der Waals surface area contributed by atoms with Crippen molar-refractivity contribution in [1.82, 2.24) is 0 Å². The molecule has 1 N–H and O–H groups in total. The van der Waals surface area contributed by atoms with E-state index >= 15 is 0 Å². The zero-order chi connectivity index (χ0) is 5.70. The van der Waals surface area contributed by atoms with Gasteiger partial charge in [0.2, 0.25) is 0 Å². The summed E-state index contributed by atoms with van der Waals surface area (Å²) in [6, 6.07) is 0. The SMILES string of the molecule is C=C/C=[C]\C(=O)O. The van der Waals surface area contributed by atoms with Gasteiger partial charge in [0.25, 0.3) is 0 Å². The third-order valence-corrected chi connectivity index (χ3v) is 0.325. The zero-order valence-electron chi connectivity index (χ0n) is 3.72. The number of hydrogen-bond donors (Lipinski definition) is 1. The number of carbonyl (C=O) groups is 1. The molecule has 0 aromatic heterocycles. The Balaban J connectivity index is 3.46. The fourth-order valence-corrected chi connectivity index (χ4v) is 0.130. The van der Waals surface area contributed by atoms with Gasteiger partial charge in [0.15, 0.2) is 0 Å². The Hall–Kier alpha value is -1.05. The number of hydrogen-bond acceptors (Lipinski definition) is 1. The zero-order valence-corrected chi connectivity index (χ0v) is 3.72. The summed E-state index contributed by atoms with van der Waals surface area (Å²) in [6.07, 6.45) is 4.56. The summed E-state index contributed by atoms with van der Waals surface area (Å²) < 4.78 is 0. The van der Waals surface area contributed by atoms with E-state index in [1.807, 2.05) is 6.08 Å². The molecule has 0 spiro atoms. The third kappa shape index (κ3) is 4.95. The van der Waals surface area contributed by atoms with Gasteiger partial charge >= 0.3 is 5.97 Å². The minimum atomic E-state index is -1.07. The molecular weight excluding hydrogens is 92.1 g/mol. The van der Waals surface area contributed by atoms with E-state index in [4.69, 9.17) is 5.11 Å². The molecule has 0 fully saturated rings. The van der Waals surface area contributed by atoms with E-state index in [-0.39, 0.29) is 0 Å². The first kappa shape index (κ1) is 5.95. The molecule has 0 bridgehead atoms.